The molecule has 140 valence electrons. The molecule has 5 nitrogen and oxygen atoms in total. The van der Waals surface area contributed by atoms with Crippen LogP contribution in [-0.2, 0) is 4.74 Å². The van der Waals surface area contributed by atoms with E-state index < -0.39 is 0 Å². The van der Waals surface area contributed by atoms with Gasteiger partial charge in [-0.05, 0) is 17.7 Å². The zero-order chi connectivity index (χ0) is 18.6. The first kappa shape index (κ1) is 18.0. The molecule has 4 rings (SSSR count). The molecule has 1 aliphatic heterocycles. The van der Waals surface area contributed by atoms with Crippen LogP contribution in [0.4, 0.5) is 0 Å². The average molecular weight is 384 g/mol. The van der Waals surface area contributed by atoms with Crippen LogP contribution in [0.1, 0.15) is 10.5 Å². The summed E-state index contributed by atoms with van der Waals surface area (Å²) >= 11 is 6.21. The molecule has 0 saturated carbocycles. The second-order valence-electron chi connectivity index (χ2n) is 6.64. The predicted octanol–water partition coefficient (Wildman–Crippen LogP) is 3.55. The van der Waals surface area contributed by atoms with E-state index >= 15 is 0 Å². The molecule has 1 amide bonds. The Morgan fingerprint density at radius 1 is 1.11 bits per heavy atom. The number of nitrogens with zero attached hydrogens (tertiary/aromatic N) is 1. The standard InChI is InChI=1S/C21H22ClN3O2/c22-16-6-7-17-18(14-16)19(15-4-2-1-3-5-15)24-20(17)21(26)23-8-9-25-10-12-27-13-11-25/h1-7,14,24H,8-13H2,(H,23,26). The lowest BCUT2D eigenvalue weighted by molar-refractivity contribution is 0.0383. The molecule has 2 heterocycles. The third-order valence-corrected chi connectivity index (χ3v) is 5.11. The van der Waals surface area contributed by atoms with Gasteiger partial charge in [0.25, 0.3) is 5.91 Å². The Kier molecular flexibility index (Phi) is 5.43. The monoisotopic (exact) mass is 383 g/mol. The molecular weight excluding hydrogens is 362 g/mol. The number of ether oxygens (including phenoxy) is 1. The van der Waals surface area contributed by atoms with Crippen LogP contribution in [0, 0.1) is 0 Å². The van der Waals surface area contributed by atoms with Crippen molar-refractivity contribution in [3.05, 3.63) is 59.2 Å². The summed E-state index contributed by atoms with van der Waals surface area (Å²) in [7, 11) is 0. The average Bonchev–Trinajstić information content (AvgIpc) is 3.08. The van der Waals surface area contributed by atoms with E-state index in [1.165, 1.54) is 0 Å². The lowest BCUT2D eigenvalue weighted by Crippen LogP contribution is -2.41. The van der Waals surface area contributed by atoms with Gasteiger partial charge in [0.2, 0.25) is 0 Å². The van der Waals surface area contributed by atoms with Crippen molar-refractivity contribution in [2.75, 3.05) is 39.4 Å². The number of rotatable bonds is 5. The fourth-order valence-corrected chi connectivity index (χ4v) is 3.63. The highest BCUT2D eigenvalue weighted by Crippen LogP contribution is 2.32. The van der Waals surface area contributed by atoms with Crippen LogP contribution in [-0.4, -0.2) is 55.2 Å². The number of H-pyrrole nitrogens is 1. The van der Waals surface area contributed by atoms with E-state index in [-0.39, 0.29) is 5.91 Å². The van der Waals surface area contributed by atoms with E-state index in [1.54, 1.807) is 0 Å². The highest BCUT2D eigenvalue weighted by atomic mass is 35.5. The molecule has 1 aliphatic rings. The molecular formula is C21H22ClN3O2. The van der Waals surface area contributed by atoms with Crippen LogP contribution in [0.3, 0.4) is 0 Å². The Hall–Kier alpha value is -2.34. The molecule has 6 heteroatoms. The minimum Gasteiger partial charge on any atom is -0.379 e. The molecule has 1 aromatic heterocycles. The van der Waals surface area contributed by atoms with Crippen LogP contribution in [0.5, 0.6) is 0 Å². The summed E-state index contributed by atoms with van der Waals surface area (Å²) in [5, 5.41) is 5.51. The Morgan fingerprint density at radius 3 is 2.67 bits per heavy atom. The zero-order valence-corrected chi connectivity index (χ0v) is 15.8. The molecule has 0 radical (unpaired) electrons. The van der Waals surface area contributed by atoms with Gasteiger partial charge in [0.05, 0.1) is 18.9 Å². The van der Waals surface area contributed by atoms with Gasteiger partial charge in [-0.15, -0.1) is 0 Å². The summed E-state index contributed by atoms with van der Waals surface area (Å²) in [5.74, 6) is -0.0993. The molecule has 0 aliphatic carbocycles. The summed E-state index contributed by atoms with van der Waals surface area (Å²) in [6.45, 7) is 4.78. The number of morpholine rings is 1. The van der Waals surface area contributed by atoms with Gasteiger partial charge in [0.15, 0.2) is 0 Å². The number of hydrogen-bond donors (Lipinski definition) is 2. The minimum absolute atomic E-state index is 0.0993. The molecule has 2 aromatic carbocycles. The lowest BCUT2D eigenvalue weighted by Gasteiger charge is -2.26. The van der Waals surface area contributed by atoms with E-state index in [9.17, 15) is 4.79 Å². The molecule has 0 unspecified atom stereocenters. The summed E-state index contributed by atoms with van der Waals surface area (Å²) < 4.78 is 5.35. The highest BCUT2D eigenvalue weighted by molar-refractivity contribution is 6.31. The number of fused-ring (bicyclic) bond motifs is 1. The number of nitrogens with one attached hydrogen (secondary N) is 2. The number of carbonyl (C=O) groups is 1. The number of hydrogen-bond acceptors (Lipinski definition) is 3. The number of aromatic amines is 1. The third kappa shape index (κ3) is 4.00. The van der Waals surface area contributed by atoms with Crippen molar-refractivity contribution in [1.29, 1.82) is 0 Å². The Labute approximate surface area is 163 Å². The number of benzene rings is 2. The van der Waals surface area contributed by atoms with Crippen molar-refractivity contribution in [3.8, 4) is 11.3 Å². The van der Waals surface area contributed by atoms with Crippen LogP contribution in [0.25, 0.3) is 22.0 Å². The maximum absolute atomic E-state index is 12.8. The van der Waals surface area contributed by atoms with Crippen LogP contribution < -0.4 is 5.32 Å². The number of aromatic nitrogens is 1. The second-order valence-corrected chi connectivity index (χ2v) is 7.08. The summed E-state index contributed by atoms with van der Waals surface area (Å²) in [6, 6.07) is 15.6. The first-order valence-electron chi connectivity index (χ1n) is 9.17. The van der Waals surface area contributed by atoms with Gasteiger partial charge < -0.3 is 15.0 Å². The smallest absolute Gasteiger partial charge is 0.268 e. The minimum atomic E-state index is -0.0993. The van der Waals surface area contributed by atoms with Crippen molar-refractivity contribution >= 4 is 28.3 Å². The fraction of sp³-hybridized carbons (Fsp3) is 0.286. The summed E-state index contributed by atoms with van der Waals surface area (Å²) in [6.07, 6.45) is 0. The van der Waals surface area contributed by atoms with Gasteiger partial charge in [0.1, 0.15) is 5.69 Å². The topological polar surface area (TPSA) is 57.4 Å². The molecule has 0 atom stereocenters. The molecule has 2 N–H and O–H groups in total. The Morgan fingerprint density at radius 2 is 1.89 bits per heavy atom. The number of amides is 1. The molecule has 1 fully saturated rings. The second kappa shape index (κ2) is 8.13. The zero-order valence-electron chi connectivity index (χ0n) is 15.0. The summed E-state index contributed by atoms with van der Waals surface area (Å²) in [5.41, 5.74) is 2.51. The lowest BCUT2D eigenvalue weighted by atomic mass is 10.1. The van der Waals surface area contributed by atoms with E-state index in [0.717, 1.165) is 54.9 Å². The first-order valence-corrected chi connectivity index (χ1v) is 9.55. The van der Waals surface area contributed by atoms with Gasteiger partial charge >= 0.3 is 0 Å². The van der Waals surface area contributed by atoms with Crippen LogP contribution >= 0.6 is 11.6 Å². The predicted molar refractivity (Wildman–Crippen MR) is 108 cm³/mol. The SMILES string of the molecule is O=C(NCCN1CCOCC1)c1[nH]c(-c2ccccc2)c2cc(Cl)ccc12. The number of carbonyl (C=O) groups excluding carboxylic acids is 1. The maximum Gasteiger partial charge on any atom is 0.268 e. The van der Waals surface area contributed by atoms with Gasteiger partial charge in [-0.1, -0.05) is 48.0 Å². The molecule has 0 spiro atoms. The molecule has 1 saturated heterocycles. The Balaban J connectivity index is 1.56. The summed E-state index contributed by atoms with van der Waals surface area (Å²) in [4.78, 5) is 18.4. The van der Waals surface area contributed by atoms with Gasteiger partial charge in [-0.3, -0.25) is 9.69 Å². The number of halogens is 1. The molecule has 0 bridgehead atoms. The van der Waals surface area contributed by atoms with Gasteiger partial charge in [-0.2, -0.15) is 0 Å². The highest BCUT2D eigenvalue weighted by Gasteiger charge is 2.18. The van der Waals surface area contributed by atoms with Gasteiger partial charge in [-0.25, -0.2) is 0 Å². The Bertz CT molecular complexity index is 933. The van der Waals surface area contributed by atoms with E-state index in [0.29, 0.717) is 17.3 Å². The van der Waals surface area contributed by atoms with Crippen LogP contribution in [0.15, 0.2) is 48.5 Å². The van der Waals surface area contributed by atoms with Crippen molar-refractivity contribution in [1.82, 2.24) is 15.2 Å². The van der Waals surface area contributed by atoms with E-state index in [4.69, 9.17) is 16.3 Å². The maximum atomic E-state index is 12.8. The molecule has 3 aromatic rings. The van der Waals surface area contributed by atoms with Crippen molar-refractivity contribution in [2.24, 2.45) is 0 Å². The fourth-order valence-electron chi connectivity index (χ4n) is 3.45. The molecule has 27 heavy (non-hydrogen) atoms. The van der Waals surface area contributed by atoms with Gasteiger partial charge in [0, 0.05) is 42.0 Å². The van der Waals surface area contributed by atoms with Crippen LogP contribution in [0.2, 0.25) is 5.02 Å². The quantitative estimate of drug-likeness (QED) is 0.708. The van der Waals surface area contributed by atoms with Crippen molar-refractivity contribution in [3.63, 3.8) is 0 Å². The van der Waals surface area contributed by atoms with E-state index in [2.05, 4.69) is 15.2 Å². The largest absolute Gasteiger partial charge is 0.379 e. The third-order valence-electron chi connectivity index (χ3n) is 4.88. The first-order chi connectivity index (χ1) is 13.2. The van der Waals surface area contributed by atoms with E-state index in [1.807, 2.05) is 48.5 Å². The van der Waals surface area contributed by atoms with Crippen molar-refractivity contribution < 1.29 is 9.53 Å². The normalized spacial score (nSPS) is 15.1. The van der Waals surface area contributed by atoms with Crippen molar-refractivity contribution in [2.45, 2.75) is 0 Å².